The summed E-state index contributed by atoms with van der Waals surface area (Å²) in [7, 11) is -31.4. The monoisotopic (exact) mass is 1180 g/mol. The smallest absolute Gasteiger partial charge is 0.298 e. The molecule has 0 aliphatic carbocycles. The number of phenolic OH excluding ortho intramolecular Hbond substituents is 1. The summed E-state index contributed by atoms with van der Waals surface area (Å²) in [5.74, 6) is -1.59. The van der Waals surface area contributed by atoms with Gasteiger partial charge in [-0.1, -0.05) is 23.5 Å². The van der Waals surface area contributed by atoms with Gasteiger partial charge in [0, 0.05) is 28.5 Å². The molecule has 6 aromatic carbocycles. The second-order valence-corrected chi connectivity index (χ2v) is 24.6. The van der Waals surface area contributed by atoms with Crippen LogP contribution >= 0.6 is 11.3 Å². The zero-order valence-electron chi connectivity index (χ0n) is 36.9. The largest absolute Gasteiger partial charge is 0.505 e. The molecule has 8 rings (SSSR count). The van der Waals surface area contributed by atoms with Crippen LogP contribution in [0.25, 0.3) is 37.4 Å². The Kier molecular flexibility index (Phi) is 13.7. The third-order valence-electron chi connectivity index (χ3n) is 10.2. The first-order chi connectivity index (χ1) is 35.1. The Morgan fingerprint density at radius 1 is 0.566 bits per heavy atom. The Labute approximate surface area is 428 Å². The average molecular weight is 1180 g/mol. The average Bonchev–Trinajstić information content (AvgIpc) is 3.89. The number of amides is 1. The molecule has 0 spiro atoms. The fourth-order valence-corrected chi connectivity index (χ4v) is 12.2. The summed E-state index contributed by atoms with van der Waals surface area (Å²) in [5, 5.41) is 36.1. The first-order valence-electron chi connectivity index (χ1n) is 19.8. The minimum atomic E-state index is -5.44. The van der Waals surface area contributed by atoms with Crippen molar-refractivity contribution in [2.24, 2.45) is 30.7 Å². The SMILES string of the molecule is CC(=O)Nc1cc(N=Nc2ccc3c(S(=O)(=O)O)c(N=Nc4c[nH]n(-c5cc(S(=O)(=O)O)c6cc(S(=O)(=O)O)cc(S(=O)(=O)O)c6c5)c4=O)ccc3c2O)c(S(=O)(=O)O)cc1N=Nc1nc2c(S(=O)(=O)O)cccc2s1. The van der Waals surface area contributed by atoms with Crippen LogP contribution in [-0.2, 0) is 65.5 Å². The number of azo groups is 3. The Hall–Kier alpha value is -7.73. The van der Waals surface area contributed by atoms with E-state index in [4.69, 9.17) is 0 Å². The molecule has 0 aliphatic rings. The number of H-pyrrole nitrogens is 1. The van der Waals surface area contributed by atoms with Gasteiger partial charge in [0.2, 0.25) is 11.0 Å². The Morgan fingerprint density at radius 3 is 1.75 bits per heavy atom. The van der Waals surface area contributed by atoms with Crippen molar-refractivity contribution in [3.63, 3.8) is 0 Å². The first-order valence-corrected chi connectivity index (χ1v) is 29.2. The molecule has 0 unspecified atom stereocenters. The maximum absolute atomic E-state index is 13.6. The van der Waals surface area contributed by atoms with Crippen LogP contribution in [0.3, 0.4) is 0 Å². The van der Waals surface area contributed by atoms with E-state index < -0.39 is 158 Å². The normalized spacial score (nSPS) is 13.3. The maximum atomic E-state index is 13.6. The molecular weight excluding hydrogens is 1160 g/mol. The van der Waals surface area contributed by atoms with Gasteiger partial charge >= 0.3 is 0 Å². The van der Waals surface area contributed by atoms with E-state index in [1.807, 2.05) is 0 Å². The summed E-state index contributed by atoms with van der Waals surface area (Å²) in [6.07, 6.45) is 0.812. The van der Waals surface area contributed by atoms with Gasteiger partial charge in [0.1, 0.15) is 52.7 Å². The lowest BCUT2D eigenvalue weighted by Gasteiger charge is -2.12. The number of phenols is 1. The third kappa shape index (κ3) is 11.0. The predicted octanol–water partition coefficient (Wildman–Crippen LogP) is 6.47. The number of aromatic nitrogens is 3. The van der Waals surface area contributed by atoms with Crippen LogP contribution in [0, 0.1) is 0 Å². The summed E-state index contributed by atoms with van der Waals surface area (Å²) in [4.78, 5) is 23.5. The lowest BCUT2D eigenvalue weighted by Crippen LogP contribution is -2.15. The van der Waals surface area contributed by atoms with E-state index in [9.17, 15) is 92.5 Å². The molecule has 1 amide bonds. The van der Waals surface area contributed by atoms with Crippen molar-refractivity contribution in [2.45, 2.75) is 36.3 Å². The summed E-state index contributed by atoms with van der Waals surface area (Å²) >= 11 is 0.809. The number of carbonyl (C=O) groups is 1. The molecule has 0 aliphatic heterocycles. The second-order valence-electron chi connectivity index (χ2n) is 15.3. The number of para-hydroxylation sites is 1. The molecule has 0 bridgehead atoms. The van der Waals surface area contributed by atoms with Gasteiger partial charge in [-0.2, -0.15) is 50.5 Å². The van der Waals surface area contributed by atoms with Crippen LogP contribution < -0.4 is 10.9 Å². The number of aromatic hydroxyl groups is 1. The van der Waals surface area contributed by atoms with Crippen LogP contribution in [0.5, 0.6) is 5.75 Å². The third-order valence-corrected chi connectivity index (χ3v) is 16.5. The fourth-order valence-electron chi connectivity index (χ4n) is 7.14. The van der Waals surface area contributed by atoms with Gasteiger partial charge in [0.15, 0.2) is 11.4 Å². The number of rotatable bonds is 14. The molecule has 9 N–H and O–H groups in total. The van der Waals surface area contributed by atoms with Crippen molar-refractivity contribution >= 4 is 149 Å². The van der Waals surface area contributed by atoms with Gasteiger partial charge in [-0.3, -0.25) is 42.0 Å². The van der Waals surface area contributed by atoms with E-state index >= 15 is 0 Å². The number of aromatic amines is 1. The Balaban J connectivity index is 1.16. The van der Waals surface area contributed by atoms with Gasteiger partial charge in [-0.25, -0.2) is 9.67 Å². The highest BCUT2D eigenvalue weighted by Crippen LogP contribution is 2.44. The number of anilines is 1. The van der Waals surface area contributed by atoms with Crippen molar-refractivity contribution < 1.29 is 87.7 Å². The molecule has 0 fully saturated rings. The Bertz CT molecular complexity index is 4750. The number of nitrogens with zero attached hydrogens (tertiary/aromatic N) is 8. The molecule has 0 atom stereocenters. The molecule has 0 saturated carbocycles. The van der Waals surface area contributed by atoms with Crippen LogP contribution in [0.2, 0.25) is 0 Å². The molecule has 31 nitrogen and oxygen atoms in total. The molecule has 0 saturated heterocycles. The number of benzene rings is 6. The van der Waals surface area contributed by atoms with Crippen LogP contribution in [-0.4, -0.2) is 104 Å². The van der Waals surface area contributed by atoms with E-state index in [1.165, 1.54) is 12.1 Å². The summed E-state index contributed by atoms with van der Waals surface area (Å²) in [5.41, 5.74) is -5.28. The first kappa shape index (κ1) is 54.5. The van der Waals surface area contributed by atoms with Crippen LogP contribution in [0.4, 0.5) is 39.3 Å². The molecule has 76 heavy (non-hydrogen) atoms. The van der Waals surface area contributed by atoms with Gasteiger partial charge < -0.3 is 10.4 Å². The highest BCUT2D eigenvalue weighted by molar-refractivity contribution is 7.87. The van der Waals surface area contributed by atoms with Gasteiger partial charge in [0.25, 0.3) is 66.3 Å². The highest BCUT2D eigenvalue weighted by Gasteiger charge is 2.28. The molecule has 396 valence electrons. The standard InChI is InChI=1S/C38H26N10O21S7/c1-16(49)40-25-13-27(33(75(64,65)66)14-26(25)44-47-38-41-34-29(70-38)3-2-4-30(34)72(55,56)57)45-42-23-7-6-20-19(35(23)50)5-8-24(36(20)76(67,68)69)43-46-28-15-39-48(37(28)51)17-9-21-22(31(10-17)73(58,59)60)11-18(71(52,53)54)12-32(21)74(61,62)63/h2-15,39,50H,1H3,(H,40,49)(H,52,53,54)(H,55,56,57)(H,58,59,60)(H,61,62,63)(H,64,65,66)(H,67,68,69). The highest BCUT2D eigenvalue weighted by atomic mass is 32.2. The van der Waals surface area contributed by atoms with Crippen LogP contribution in [0.15, 0.2) is 150 Å². The molecule has 0 radical (unpaired) electrons. The van der Waals surface area contributed by atoms with Crippen molar-refractivity contribution in [1.82, 2.24) is 14.8 Å². The lowest BCUT2D eigenvalue weighted by atomic mass is 10.1. The van der Waals surface area contributed by atoms with E-state index in [1.54, 1.807) is 0 Å². The number of hydrogen-bond acceptors (Lipinski definition) is 23. The van der Waals surface area contributed by atoms with Crippen molar-refractivity contribution in [2.75, 3.05) is 5.32 Å². The summed E-state index contributed by atoms with van der Waals surface area (Å²) < 4.78 is 208. The number of nitrogens with one attached hydrogen (secondary N) is 2. The number of hydrogen-bond donors (Lipinski definition) is 9. The van der Waals surface area contributed by atoms with Gasteiger partial charge in [0.05, 0.1) is 27.2 Å². The number of thiazole rings is 1. The summed E-state index contributed by atoms with van der Waals surface area (Å²) in [6.45, 7) is 1.06. The zero-order valence-corrected chi connectivity index (χ0v) is 42.6. The number of carbonyl (C=O) groups excluding carboxylic acids is 1. The molecule has 2 heterocycles. The van der Waals surface area contributed by atoms with Crippen molar-refractivity contribution in [3.05, 3.63) is 95.4 Å². The molecular formula is C38H26N10O21S7. The minimum Gasteiger partial charge on any atom is -0.505 e. The number of fused-ring (bicyclic) bond motifs is 3. The zero-order chi connectivity index (χ0) is 55.8. The summed E-state index contributed by atoms with van der Waals surface area (Å²) in [6, 6.07) is 11.3. The Morgan fingerprint density at radius 2 is 1.13 bits per heavy atom. The van der Waals surface area contributed by atoms with E-state index in [0.29, 0.717) is 22.9 Å². The molecule has 38 heteroatoms. The topological polar surface area (TPSA) is 500 Å². The van der Waals surface area contributed by atoms with E-state index in [-0.39, 0.29) is 32.5 Å². The quantitative estimate of drug-likeness (QED) is 0.0416. The predicted molar refractivity (Wildman–Crippen MR) is 261 cm³/mol. The van der Waals surface area contributed by atoms with E-state index in [0.717, 1.165) is 66.9 Å². The van der Waals surface area contributed by atoms with Crippen molar-refractivity contribution in [1.29, 1.82) is 0 Å². The lowest BCUT2D eigenvalue weighted by molar-refractivity contribution is -0.114. The van der Waals surface area contributed by atoms with E-state index in [2.05, 4.69) is 46.1 Å². The molecule has 8 aromatic rings. The van der Waals surface area contributed by atoms with Crippen LogP contribution in [0.1, 0.15) is 6.92 Å². The minimum absolute atomic E-state index is 0.167. The second kappa shape index (κ2) is 19.1. The maximum Gasteiger partial charge on any atom is 0.298 e. The fraction of sp³-hybridized carbons (Fsp3) is 0.0263. The van der Waals surface area contributed by atoms with Gasteiger partial charge in [-0.15, -0.1) is 30.7 Å². The molecule has 2 aromatic heterocycles. The van der Waals surface area contributed by atoms with Gasteiger partial charge in [-0.05, 0) is 66.7 Å². The van der Waals surface area contributed by atoms with Crippen molar-refractivity contribution in [3.8, 4) is 11.4 Å².